The molecule has 28 heavy (non-hydrogen) atoms. The van der Waals surface area contributed by atoms with E-state index >= 15 is 0 Å². The van der Waals surface area contributed by atoms with Gasteiger partial charge in [-0.1, -0.05) is 36.4 Å². The van der Waals surface area contributed by atoms with Gasteiger partial charge in [0.05, 0.1) is 11.4 Å². The van der Waals surface area contributed by atoms with E-state index in [1.165, 1.54) is 4.90 Å². The summed E-state index contributed by atoms with van der Waals surface area (Å²) in [7, 11) is 0. The van der Waals surface area contributed by atoms with Crippen LogP contribution in [0.2, 0.25) is 0 Å². The third-order valence-corrected chi connectivity index (χ3v) is 6.16. The Hall–Kier alpha value is -2.96. The van der Waals surface area contributed by atoms with E-state index in [0.29, 0.717) is 5.69 Å². The lowest BCUT2D eigenvalue weighted by molar-refractivity contribution is -0.126. The minimum atomic E-state index is -0.819. The number of rotatable bonds is 3. The molecule has 0 spiro atoms. The van der Waals surface area contributed by atoms with Crippen LogP contribution < -0.4 is 9.96 Å². The van der Waals surface area contributed by atoms with Gasteiger partial charge in [0.1, 0.15) is 12.0 Å². The molecule has 140 valence electrons. The highest BCUT2D eigenvalue weighted by atomic mass is 32.1. The van der Waals surface area contributed by atoms with Gasteiger partial charge in [0.25, 0.3) is 5.91 Å². The van der Waals surface area contributed by atoms with Crippen LogP contribution in [0.3, 0.4) is 0 Å². The number of carbonyl (C=O) groups is 2. The summed E-state index contributed by atoms with van der Waals surface area (Å²) in [6, 6.07) is 20.7. The molecule has 2 saturated heterocycles. The summed E-state index contributed by atoms with van der Waals surface area (Å²) in [5.74, 6) is -1.09. The zero-order valence-electron chi connectivity index (χ0n) is 15.2. The number of fused-ring (bicyclic) bond motifs is 1. The number of imide groups is 1. The molecule has 3 heterocycles. The minimum absolute atomic E-state index is 0.211. The predicted octanol–water partition coefficient (Wildman–Crippen LogP) is 4.11. The number of amides is 2. The third kappa shape index (κ3) is 2.57. The number of nitrogens with zero attached hydrogens (tertiary/aromatic N) is 2. The van der Waals surface area contributed by atoms with Gasteiger partial charge < -0.3 is 0 Å². The maximum absolute atomic E-state index is 13.4. The van der Waals surface area contributed by atoms with E-state index in [1.54, 1.807) is 22.5 Å². The van der Waals surface area contributed by atoms with E-state index in [2.05, 4.69) is 0 Å². The van der Waals surface area contributed by atoms with Crippen molar-refractivity contribution in [2.45, 2.75) is 19.1 Å². The summed E-state index contributed by atoms with van der Waals surface area (Å²) in [4.78, 5) is 34.9. The Bertz CT molecular complexity index is 1030. The first-order valence-electron chi connectivity index (χ1n) is 9.14. The molecule has 6 heteroatoms. The van der Waals surface area contributed by atoms with Crippen molar-refractivity contribution in [2.24, 2.45) is 5.92 Å². The number of para-hydroxylation sites is 1. The molecule has 3 atom stereocenters. The van der Waals surface area contributed by atoms with Crippen molar-refractivity contribution in [3.05, 3.63) is 82.6 Å². The van der Waals surface area contributed by atoms with Gasteiger partial charge in [0.15, 0.2) is 6.10 Å². The first-order valence-corrected chi connectivity index (χ1v) is 10.0. The highest BCUT2D eigenvalue weighted by Crippen LogP contribution is 2.48. The Kier molecular flexibility index (Phi) is 4.03. The lowest BCUT2D eigenvalue weighted by Crippen LogP contribution is -2.37. The number of hydroxylamine groups is 1. The molecule has 0 radical (unpaired) electrons. The molecule has 5 nitrogen and oxygen atoms in total. The van der Waals surface area contributed by atoms with Gasteiger partial charge in [0.2, 0.25) is 5.91 Å². The molecule has 0 N–H and O–H groups in total. The monoisotopic (exact) mass is 390 g/mol. The maximum atomic E-state index is 13.4. The summed E-state index contributed by atoms with van der Waals surface area (Å²) < 4.78 is 0. The van der Waals surface area contributed by atoms with Crippen LogP contribution >= 0.6 is 11.3 Å². The Morgan fingerprint density at radius 3 is 2.39 bits per heavy atom. The van der Waals surface area contributed by atoms with Gasteiger partial charge in [-0.3, -0.25) is 14.4 Å². The third-order valence-electron chi connectivity index (χ3n) is 5.22. The second kappa shape index (κ2) is 6.58. The Balaban J connectivity index is 1.57. The number of thiophene rings is 1. The van der Waals surface area contributed by atoms with Crippen LogP contribution in [-0.2, 0) is 14.4 Å². The van der Waals surface area contributed by atoms with E-state index in [-0.39, 0.29) is 17.9 Å². The molecule has 2 amide bonds. The number of benzene rings is 2. The average molecular weight is 390 g/mol. The fourth-order valence-electron chi connectivity index (χ4n) is 3.98. The number of hydrogen-bond donors (Lipinski definition) is 0. The van der Waals surface area contributed by atoms with Crippen molar-refractivity contribution in [1.29, 1.82) is 0 Å². The van der Waals surface area contributed by atoms with Crippen molar-refractivity contribution in [1.82, 2.24) is 0 Å². The lowest BCUT2D eigenvalue weighted by atomic mass is 9.95. The molecule has 0 aliphatic carbocycles. The number of aryl methyl sites for hydroxylation is 1. The van der Waals surface area contributed by atoms with Crippen LogP contribution in [0.1, 0.15) is 16.5 Å². The molecule has 5 rings (SSSR count). The zero-order valence-corrected chi connectivity index (χ0v) is 16.0. The molecule has 2 aliphatic rings. The first-order chi connectivity index (χ1) is 13.6. The summed E-state index contributed by atoms with van der Waals surface area (Å²) in [5, 5.41) is 3.70. The highest BCUT2D eigenvalue weighted by molar-refractivity contribution is 7.10. The normalized spacial score (nSPS) is 24.1. The molecule has 0 bridgehead atoms. The Morgan fingerprint density at radius 1 is 0.893 bits per heavy atom. The van der Waals surface area contributed by atoms with Gasteiger partial charge >= 0.3 is 0 Å². The van der Waals surface area contributed by atoms with Gasteiger partial charge in [-0.15, -0.1) is 11.3 Å². The van der Waals surface area contributed by atoms with Crippen LogP contribution in [0.15, 0.2) is 72.1 Å². The van der Waals surface area contributed by atoms with Crippen LogP contribution in [0, 0.1) is 12.8 Å². The second-order valence-corrected chi connectivity index (χ2v) is 8.00. The van der Waals surface area contributed by atoms with Crippen molar-refractivity contribution in [2.75, 3.05) is 9.96 Å². The van der Waals surface area contributed by atoms with Crippen molar-refractivity contribution < 1.29 is 14.4 Å². The summed E-state index contributed by atoms with van der Waals surface area (Å²) in [5.41, 5.74) is 2.43. The van der Waals surface area contributed by atoms with E-state index in [4.69, 9.17) is 4.84 Å². The second-order valence-electron chi connectivity index (χ2n) is 7.02. The first kappa shape index (κ1) is 17.2. The zero-order chi connectivity index (χ0) is 19.3. The predicted molar refractivity (Wildman–Crippen MR) is 108 cm³/mol. The molecule has 1 aromatic heterocycles. The molecule has 2 aliphatic heterocycles. The van der Waals surface area contributed by atoms with Crippen molar-refractivity contribution >= 4 is 34.5 Å². The molecule has 0 saturated carbocycles. The molecule has 3 aromatic rings. The van der Waals surface area contributed by atoms with Crippen molar-refractivity contribution in [3.63, 3.8) is 0 Å². The van der Waals surface area contributed by atoms with Gasteiger partial charge in [-0.05, 0) is 48.2 Å². The van der Waals surface area contributed by atoms with Crippen LogP contribution in [-0.4, -0.2) is 17.9 Å². The van der Waals surface area contributed by atoms with Crippen LogP contribution in [0.5, 0.6) is 0 Å². The number of anilines is 2. The molecule has 2 aromatic carbocycles. The Labute approximate surface area is 166 Å². The topological polar surface area (TPSA) is 49.9 Å². The largest absolute Gasteiger partial charge is 0.273 e. The summed E-state index contributed by atoms with van der Waals surface area (Å²) >= 11 is 1.57. The molecular weight excluding hydrogens is 372 g/mol. The molecule has 2 fully saturated rings. The highest BCUT2D eigenvalue weighted by Gasteiger charge is 2.60. The van der Waals surface area contributed by atoms with E-state index in [1.807, 2.05) is 73.0 Å². The quantitative estimate of drug-likeness (QED) is 0.632. The number of hydrogen-bond acceptors (Lipinski definition) is 5. The maximum Gasteiger partial charge on any atom is 0.266 e. The van der Waals surface area contributed by atoms with E-state index in [0.717, 1.165) is 16.1 Å². The van der Waals surface area contributed by atoms with Crippen LogP contribution in [0.4, 0.5) is 11.4 Å². The Morgan fingerprint density at radius 2 is 1.68 bits per heavy atom. The fourth-order valence-corrected chi connectivity index (χ4v) is 4.84. The molecular formula is C22H18N2O3S. The van der Waals surface area contributed by atoms with Gasteiger partial charge in [-0.2, -0.15) is 0 Å². The SMILES string of the molecule is Cc1cccc(N2C(=O)[C@H]3[C@@H](ON(c4ccccc4)[C@H]3c3cccs3)C2=O)c1. The smallest absolute Gasteiger partial charge is 0.266 e. The lowest BCUT2D eigenvalue weighted by Gasteiger charge is -2.27. The standard InChI is InChI=1S/C22H18N2O3S/c1-14-7-5-10-16(13-14)23-21(25)18-19(17-11-6-12-28-17)24(27-20(18)22(23)26)15-8-3-2-4-9-15/h2-13,18-20H,1H3/t18-,19+,20-/m1/s1. The van der Waals surface area contributed by atoms with Crippen molar-refractivity contribution in [3.8, 4) is 0 Å². The number of carbonyl (C=O) groups excluding carboxylic acids is 2. The van der Waals surface area contributed by atoms with Gasteiger partial charge in [-0.25, -0.2) is 9.96 Å². The summed E-state index contributed by atoms with van der Waals surface area (Å²) in [6.45, 7) is 1.94. The average Bonchev–Trinajstić information content (AvgIpc) is 3.40. The summed E-state index contributed by atoms with van der Waals surface area (Å²) in [6.07, 6.45) is -0.819. The van der Waals surface area contributed by atoms with Crippen LogP contribution in [0.25, 0.3) is 0 Å². The van der Waals surface area contributed by atoms with E-state index in [9.17, 15) is 9.59 Å². The minimum Gasteiger partial charge on any atom is -0.273 e. The van der Waals surface area contributed by atoms with E-state index < -0.39 is 12.0 Å². The fraction of sp³-hybridized carbons (Fsp3) is 0.182. The molecule has 0 unspecified atom stereocenters. The van der Waals surface area contributed by atoms with Gasteiger partial charge in [0, 0.05) is 4.88 Å².